The first-order valence-corrected chi connectivity index (χ1v) is 7.46. The van der Waals surface area contributed by atoms with Crippen LogP contribution in [0.15, 0.2) is 34.2 Å². The number of benzene rings is 1. The monoisotopic (exact) mass is 261 g/mol. The zero-order valence-electron chi connectivity index (χ0n) is 10.7. The minimum Gasteiger partial charge on any atom is -0.324 e. The predicted molar refractivity (Wildman–Crippen MR) is 78.0 cm³/mol. The van der Waals surface area contributed by atoms with E-state index in [-0.39, 0.29) is 0 Å². The molecule has 1 heterocycles. The van der Waals surface area contributed by atoms with Gasteiger partial charge in [-0.25, -0.2) is 4.99 Å². The summed E-state index contributed by atoms with van der Waals surface area (Å²) in [6.45, 7) is 0. The Bertz CT molecular complexity index is 452. The van der Waals surface area contributed by atoms with Gasteiger partial charge in [-0.2, -0.15) is 0 Å². The lowest BCUT2D eigenvalue weighted by molar-refractivity contribution is 0.441. The maximum absolute atomic E-state index is 4.89. The van der Waals surface area contributed by atoms with Gasteiger partial charge in [-0.1, -0.05) is 31.4 Å². The van der Waals surface area contributed by atoms with Crippen molar-refractivity contribution in [3.05, 3.63) is 24.3 Å². The van der Waals surface area contributed by atoms with E-state index >= 15 is 0 Å². The van der Waals surface area contributed by atoms with Crippen molar-refractivity contribution in [1.82, 2.24) is 4.31 Å². The molecule has 1 aromatic rings. The third kappa shape index (κ3) is 2.48. The molecule has 1 aromatic carbocycles. The van der Waals surface area contributed by atoms with Crippen molar-refractivity contribution in [3.8, 4) is 0 Å². The van der Waals surface area contributed by atoms with Gasteiger partial charge in [0.1, 0.15) is 0 Å². The Morgan fingerprint density at radius 3 is 2.83 bits per heavy atom. The molecule has 18 heavy (non-hydrogen) atoms. The van der Waals surface area contributed by atoms with E-state index in [0.29, 0.717) is 6.04 Å². The topological polar surface area (TPSA) is 27.6 Å². The Balaban J connectivity index is 1.79. The zero-order valence-corrected chi connectivity index (χ0v) is 11.5. The van der Waals surface area contributed by atoms with Crippen molar-refractivity contribution in [2.45, 2.75) is 43.0 Å². The first-order chi connectivity index (χ1) is 8.83. The fourth-order valence-electron chi connectivity index (χ4n) is 2.54. The molecule has 0 atom stereocenters. The van der Waals surface area contributed by atoms with Gasteiger partial charge < -0.3 is 5.32 Å². The van der Waals surface area contributed by atoms with E-state index in [1.807, 2.05) is 0 Å². The van der Waals surface area contributed by atoms with Gasteiger partial charge in [0.15, 0.2) is 0 Å². The molecule has 1 fully saturated rings. The van der Waals surface area contributed by atoms with Crippen LogP contribution in [0, 0.1) is 0 Å². The molecule has 0 spiro atoms. The second-order valence-electron chi connectivity index (χ2n) is 4.95. The lowest BCUT2D eigenvalue weighted by Gasteiger charge is -2.29. The number of hydrogen-bond acceptors (Lipinski definition) is 2. The third-order valence-electron chi connectivity index (χ3n) is 3.55. The molecule has 1 aliphatic heterocycles. The van der Waals surface area contributed by atoms with E-state index in [0.717, 1.165) is 5.96 Å². The molecular weight excluding hydrogens is 242 g/mol. The van der Waals surface area contributed by atoms with Gasteiger partial charge in [-0.15, -0.1) is 0 Å². The highest BCUT2D eigenvalue weighted by Crippen LogP contribution is 2.34. The van der Waals surface area contributed by atoms with Gasteiger partial charge in [-0.3, -0.25) is 4.31 Å². The molecule has 0 unspecified atom stereocenters. The zero-order chi connectivity index (χ0) is 12.4. The van der Waals surface area contributed by atoms with Gasteiger partial charge in [0.2, 0.25) is 5.96 Å². The van der Waals surface area contributed by atoms with Crippen LogP contribution in [-0.2, 0) is 0 Å². The minimum atomic E-state index is 0.509. The van der Waals surface area contributed by atoms with Crippen LogP contribution in [0.5, 0.6) is 0 Å². The van der Waals surface area contributed by atoms with E-state index < -0.39 is 0 Å². The second-order valence-corrected chi connectivity index (χ2v) is 6.12. The highest BCUT2D eigenvalue weighted by atomic mass is 32.2. The number of fused-ring (bicyclic) bond motifs is 1. The molecule has 0 radical (unpaired) electrons. The molecule has 1 N–H and O–H groups in total. The highest BCUT2D eigenvalue weighted by Gasteiger charge is 2.20. The number of guanidine groups is 1. The average Bonchev–Trinajstić information content (AvgIpc) is 2.41. The molecule has 2 aliphatic rings. The fraction of sp³-hybridized carbons (Fsp3) is 0.500. The summed E-state index contributed by atoms with van der Waals surface area (Å²) in [7, 11) is 2.08. The molecule has 0 aromatic heterocycles. The Hall–Kier alpha value is -1.16. The SMILES string of the molecule is CN1Sc2ccccc2NC1=NC1CCCCC1. The summed E-state index contributed by atoms with van der Waals surface area (Å²) in [5.74, 6) is 1.01. The van der Waals surface area contributed by atoms with E-state index in [2.05, 4.69) is 40.9 Å². The second kappa shape index (κ2) is 5.22. The lowest BCUT2D eigenvalue weighted by Crippen LogP contribution is -2.33. The van der Waals surface area contributed by atoms with Gasteiger partial charge in [0.05, 0.1) is 16.6 Å². The Labute approximate surface area is 113 Å². The molecule has 0 bridgehead atoms. The smallest absolute Gasteiger partial charge is 0.209 e. The number of nitrogens with zero attached hydrogens (tertiary/aromatic N) is 2. The molecule has 0 saturated heterocycles. The highest BCUT2D eigenvalue weighted by molar-refractivity contribution is 7.97. The molecule has 1 saturated carbocycles. The van der Waals surface area contributed by atoms with Crippen LogP contribution >= 0.6 is 11.9 Å². The van der Waals surface area contributed by atoms with Crippen molar-refractivity contribution < 1.29 is 0 Å². The molecule has 3 rings (SSSR count). The standard InChI is InChI=1S/C14H19N3S/c1-17-14(15-11-7-3-2-4-8-11)16-12-9-5-6-10-13(12)18-17/h5-6,9-11H,2-4,7-8H2,1H3,(H,15,16). The average molecular weight is 261 g/mol. The molecule has 0 amide bonds. The van der Waals surface area contributed by atoms with Crippen molar-refractivity contribution in [3.63, 3.8) is 0 Å². The molecular formula is C14H19N3S. The molecule has 4 heteroatoms. The summed E-state index contributed by atoms with van der Waals surface area (Å²) in [5.41, 5.74) is 1.18. The van der Waals surface area contributed by atoms with Crippen LogP contribution in [0.3, 0.4) is 0 Å². The summed E-state index contributed by atoms with van der Waals surface area (Å²) >= 11 is 1.75. The van der Waals surface area contributed by atoms with Crippen LogP contribution < -0.4 is 5.32 Å². The number of anilines is 1. The van der Waals surface area contributed by atoms with Crippen molar-refractivity contribution in [2.75, 3.05) is 12.4 Å². The first kappa shape index (κ1) is 11.9. The maximum atomic E-state index is 4.89. The van der Waals surface area contributed by atoms with E-state index in [1.165, 1.54) is 42.7 Å². The van der Waals surface area contributed by atoms with Crippen molar-refractivity contribution >= 4 is 23.6 Å². The number of nitrogens with one attached hydrogen (secondary N) is 1. The number of rotatable bonds is 1. The van der Waals surface area contributed by atoms with Crippen LogP contribution in [0.1, 0.15) is 32.1 Å². The van der Waals surface area contributed by atoms with Crippen LogP contribution in [0.25, 0.3) is 0 Å². The Kier molecular flexibility index (Phi) is 3.46. The first-order valence-electron chi connectivity index (χ1n) is 6.68. The van der Waals surface area contributed by atoms with Gasteiger partial charge in [-0.05, 0) is 36.9 Å². The number of aliphatic imine (C=N–C) groups is 1. The normalized spacial score (nSPS) is 22.7. The largest absolute Gasteiger partial charge is 0.324 e. The summed E-state index contributed by atoms with van der Waals surface area (Å²) in [6.07, 6.45) is 6.52. The van der Waals surface area contributed by atoms with Crippen LogP contribution in [-0.4, -0.2) is 23.4 Å². The summed E-state index contributed by atoms with van der Waals surface area (Å²) in [5, 5.41) is 3.45. The van der Waals surface area contributed by atoms with E-state index in [9.17, 15) is 0 Å². The maximum Gasteiger partial charge on any atom is 0.209 e. The summed E-state index contributed by atoms with van der Waals surface area (Å²) < 4.78 is 2.14. The number of hydrogen-bond donors (Lipinski definition) is 1. The quantitative estimate of drug-likeness (QED) is 0.780. The van der Waals surface area contributed by atoms with Crippen molar-refractivity contribution in [1.29, 1.82) is 0 Å². The van der Waals surface area contributed by atoms with Gasteiger partial charge >= 0.3 is 0 Å². The van der Waals surface area contributed by atoms with Crippen molar-refractivity contribution in [2.24, 2.45) is 4.99 Å². The number of para-hydroxylation sites is 1. The van der Waals surface area contributed by atoms with E-state index in [1.54, 1.807) is 11.9 Å². The minimum absolute atomic E-state index is 0.509. The Morgan fingerprint density at radius 2 is 2.00 bits per heavy atom. The fourth-order valence-corrected chi connectivity index (χ4v) is 3.37. The van der Waals surface area contributed by atoms with E-state index in [4.69, 9.17) is 4.99 Å². The summed E-state index contributed by atoms with van der Waals surface area (Å²) in [6, 6.07) is 8.90. The van der Waals surface area contributed by atoms with Crippen LogP contribution in [0.4, 0.5) is 5.69 Å². The van der Waals surface area contributed by atoms with Gasteiger partial charge in [0.25, 0.3) is 0 Å². The molecule has 3 nitrogen and oxygen atoms in total. The molecule has 96 valence electrons. The molecule has 1 aliphatic carbocycles. The summed E-state index contributed by atoms with van der Waals surface area (Å²) in [4.78, 5) is 6.15. The predicted octanol–water partition coefficient (Wildman–Crippen LogP) is 3.74. The Morgan fingerprint density at radius 1 is 1.22 bits per heavy atom. The van der Waals surface area contributed by atoms with Crippen LogP contribution in [0.2, 0.25) is 0 Å². The third-order valence-corrected chi connectivity index (χ3v) is 4.55. The lowest BCUT2D eigenvalue weighted by atomic mass is 9.96. The van der Waals surface area contributed by atoms with Gasteiger partial charge in [0, 0.05) is 7.05 Å².